The molecule has 0 bridgehead atoms. The van der Waals surface area contributed by atoms with Crippen molar-refractivity contribution in [3.63, 3.8) is 0 Å². The lowest BCUT2D eigenvalue weighted by molar-refractivity contribution is -0.148. The molecule has 1 amide bonds. The van der Waals surface area contributed by atoms with Gasteiger partial charge in [-0.15, -0.1) is 0 Å². The molecule has 0 aliphatic heterocycles. The first-order valence-corrected chi connectivity index (χ1v) is 7.03. The summed E-state index contributed by atoms with van der Waals surface area (Å²) in [6, 6.07) is 0. The highest BCUT2D eigenvalue weighted by Crippen LogP contribution is 2.25. The van der Waals surface area contributed by atoms with Gasteiger partial charge < -0.3 is 10.4 Å². The summed E-state index contributed by atoms with van der Waals surface area (Å²) >= 11 is 0. The van der Waals surface area contributed by atoms with Gasteiger partial charge in [-0.2, -0.15) is 0 Å². The zero-order valence-electron chi connectivity index (χ0n) is 11.4. The van der Waals surface area contributed by atoms with Crippen LogP contribution in [0, 0.1) is 17.8 Å². The van der Waals surface area contributed by atoms with E-state index in [1.54, 1.807) is 13.8 Å². The summed E-state index contributed by atoms with van der Waals surface area (Å²) in [5, 5.41) is 11.8. The number of carbonyl (C=O) groups excluding carboxylic acids is 1. The third-order valence-corrected chi connectivity index (χ3v) is 3.79. The van der Waals surface area contributed by atoms with Crippen molar-refractivity contribution < 1.29 is 14.7 Å². The Morgan fingerprint density at radius 1 is 1.22 bits per heavy atom. The average Bonchev–Trinajstić information content (AvgIpc) is 2.29. The van der Waals surface area contributed by atoms with E-state index < -0.39 is 11.9 Å². The lowest BCUT2D eigenvalue weighted by Crippen LogP contribution is -2.39. The van der Waals surface area contributed by atoms with Gasteiger partial charge in [0, 0.05) is 6.54 Å². The predicted octanol–water partition coefficient (Wildman–Crippen LogP) is 2.43. The number of aliphatic carboxylic acids is 1. The van der Waals surface area contributed by atoms with E-state index in [1.807, 2.05) is 0 Å². The SMILES string of the molecule is CC(C)C(C(=O)O)C(=O)NCCC1CCCCC1. The highest BCUT2D eigenvalue weighted by molar-refractivity contribution is 5.97. The van der Waals surface area contributed by atoms with E-state index in [0.717, 1.165) is 6.42 Å². The normalized spacial score (nSPS) is 18.6. The Morgan fingerprint density at radius 3 is 2.33 bits per heavy atom. The first-order valence-electron chi connectivity index (χ1n) is 7.03. The Kier molecular flexibility index (Phi) is 6.16. The lowest BCUT2D eigenvalue weighted by Gasteiger charge is -2.22. The first-order chi connectivity index (χ1) is 8.52. The second kappa shape index (κ2) is 7.39. The number of amides is 1. The molecule has 18 heavy (non-hydrogen) atoms. The smallest absolute Gasteiger partial charge is 0.316 e. The number of hydrogen-bond acceptors (Lipinski definition) is 2. The lowest BCUT2D eigenvalue weighted by atomic mass is 9.87. The number of carboxylic acids is 1. The van der Waals surface area contributed by atoms with Crippen molar-refractivity contribution >= 4 is 11.9 Å². The first kappa shape index (κ1) is 15.0. The van der Waals surface area contributed by atoms with Crippen LogP contribution in [0.15, 0.2) is 0 Å². The van der Waals surface area contributed by atoms with Gasteiger partial charge in [-0.1, -0.05) is 46.0 Å². The molecule has 0 heterocycles. The molecule has 1 aliphatic carbocycles. The van der Waals surface area contributed by atoms with Crippen LogP contribution in [0.2, 0.25) is 0 Å². The molecular formula is C14H25NO3. The molecule has 2 N–H and O–H groups in total. The largest absolute Gasteiger partial charge is 0.481 e. The van der Waals surface area contributed by atoms with E-state index in [1.165, 1.54) is 32.1 Å². The molecule has 0 aromatic carbocycles. The minimum Gasteiger partial charge on any atom is -0.481 e. The Morgan fingerprint density at radius 2 is 1.83 bits per heavy atom. The summed E-state index contributed by atoms with van der Waals surface area (Å²) in [6.07, 6.45) is 7.41. The van der Waals surface area contributed by atoms with Crippen molar-refractivity contribution in [3.05, 3.63) is 0 Å². The molecule has 0 spiro atoms. The topological polar surface area (TPSA) is 66.4 Å². The zero-order valence-corrected chi connectivity index (χ0v) is 11.4. The third kappa shape index (κ3) is 4.67. The molecule has 104 valence electrons. The fourth-order valence-corrected chi connectivity index (χ4v) is 2.69. The average molecular weight is 255 g/mol. The van der Waals surface area contributed by atoms with Crippen LogP contribution < -0.4 is 5.32 Å². The quantitative estimate of drug-likeness (QED) is 0.716. The van der Waals surface area contributed by atoms with Gasteiger partial charge in [-0.3, -0.25) is 9.59 Å². The molecule has 0 aromatic heterocycles. The van der Waals surface area contributed by atoms with Crippen LogP contribution in [-0.4, -0.2) is 23.5 Å². The van der Waals surface area contributed by atoms with Gasteiger partial charge in [0.2, 0.25) is 5.91 Å². The molecular weight excluding hydrogens is 230 g/mol. The Bertz CT molecular complexity index is 283. The molecule has 1 aliphatic rings. The minimum atomic E-state index is -1.03. The minimum absolute atomic E-state index is 0.169. The van der Waals surface area contributed by atoms with E-state index >= 15 is 0 Å². The molecule has 0 saturated heterocycles. The molecule has 1 atom stereocenters. The van der Waals surface area contributed by atoms with Crippen LogP contribution in [0.1, 0.15) is 52.4 Å². The van der Waals surface area contributed by atoms with Gasteiger partial charge >= 0.3 is 5.97 Å². The van der Waals surface area contributed by atoms with Crippen LogP contribution in [0.5, 0.6) is 0 Å². The number of rotatable bonds is 6. The molecule has 4 nitrogen and oxygen atoms in total. The maximum atomic E-state index is 11.8. The van der Waals surface area contributed by atoms with Crippen LogP contribution in [0.3, 0.4) is 0 Å². The summed E-state index contributed by atoms with van der Waals surface area (Å²) in [5.74, 6) is -1.75. The zero-order chi connectivity index (χ0) is 13.5. The van der Waals surface area contributed by atoms with Crippen molar-refractivity contribution in [2.75, 3.05) is 6.54 Å². The highest BCUT2D eigenvalue weighted by atomic mass is 16.4. The molecule has 0 aromatic rings. The highest BCUT2D eigenvalue weighted by Gasteiger charge is 2.29. The summed E-state index contributed by atoms with van der Waals surface area (Å²) in [6.45, 7) is 4.14. The van der Waals surface area contributed by atoms with E-state index in [0.29, 0.717) is 12.5 Å². The second-order valence-electron chi connectivity index (χ2n) is 5.64. The predicted molar refractivity (Wildman–Crippen MR) is 70.2 cm³/mol. The van der Waals surface area contributed by atoms with Crippen LogP contribution in [-0.2, 0) is 9.59 Å². The van der Waals surface area contributed by atoms with E-state index in [-0.39, 0.29) is 11.8 Å². The van der Waals surface area contributed by atoms with Crippen LogP contribution in [0.4, 0.5) is 0 Å². The van der Waals surface area contributed by atoms with Crippen LogP contribution >= 0.6 is 0 Å². The van der Waals surface area contributed by atoms with Crippen molar-refractivity contribution in [2.45, 2.75) is 52.4 Å². The fourth-order valence-electron chi connectivity index (χ4n) is 2.69. The molecule has 1 fully saturated rings. The van der Waals surface area contributed by atoms with E-state index in [2.05, 4.69) is 5.32 Å². The molecule has 1 unspecified atom stereocenters. The molecule has 0 radical (unpaired) electrons. The van der Waals surface area contributed by atoms with E-state index in [4.69, 9.17) is 5.11 Å². The molecule has 4 heteroatoms. The maximum absolute atomic E-state index is 11.8. The van der Waals surface area contributed by atoms with Gasteiger partial charge in [0.15, 0.2) is 0 Å². The summed E-state index contributed by atoms with van der Waals surface area (Å²) in [5.41, 5.74) is 0. The number of hydrogen-bond donors (Lipinski definition) is 2. The summed E-state index contributed by atoms with van der Waals surface area (Å²) in [7, 11) is 0. The monoisotopic (exact) mass is 255 g/mol. The Hall–Kier alpha value is -1.06. The van der Waals surface area contributed by atoms with Gasteiger partial charge in [0.05, 0.1) is 0 Å². The third-order valence-electron chi connectivity index (χ3n) is 3.79. The number of nitrogens with one attached hydrogen (secondary N) is 1. The summed E-state index contributed by atoms with van der Waals surface area (Å²) < 4.78 is 0. The molecule has 1 saturated carbocycles. The van der Waals surface area contributed by atoms with E-state index in [9.17, 15) is 9.59 Å². The van der Waals surface area contributed by atoms with Crippen molar-refractivity contribution in [2.24, 2.45) is 17.8 Å². The van der Waals surface area contributed by atoms with Gasteiger partial charge in [0.1, 0.15) is 5.92 Å². The van der Waals surface area contributed by atoms with Crippen LogP contribution in [0.25, 0.3) is 0 Å². The van der Waals surface area contributed by atoms with Crippen molar-refractivity contribution in [1.82, 2.24) is 5.32 Å². The standard InChI is InChI=1S/C14H25NO3/c1-10(2)12(14(17)18)13(16)15-9-8-11-6-4-3-5-7-11/h10-12H,3-9H2,1-2H3,(H,15,16)(H,17,18). The summed E-state index contributed by atoms with van der Waals surface area (Å²) in [4.78, 5) is 22.8. The van der Waals surface area contributed by atoms with Gasteiger partial charge in [0.25, 0.3) is 0 Å². The maximum Gasteiger partial charge on any atom is 0.316 e. The number of carboxylic acid groups (broad SMARTS) is 1. The van der Waals surface area contributed by atoms with Crippen molar-refractivity contribution in [1.29, 1.82) is 0 Å². The second-order valence-corrected chi connectivity index (χ2v) is 5.64. The van der Waals surface area contributed by atoms with Gasteiger partial charge in [-0.25, -0.2) is 0 Å². The Balaban J connectivity index is 2.28. The van der Waals surface area contributed by atoms with Crippen molar-refractivity contribution in [3.8, 4) is 0 Å². The number of carbonyl (C=O) groups is 2. The fraction of sp³-hybridized carbons (Fsp3) is 0.857. The Labute approximate surface area is 109 Å². The van der Waals surface area contributed by atoms with Gasteiger partial charge in [-0.05, 0) is 18.3 Å². The molecule has 1 rings (SSSR count).